The first-order valence-electron chi connectivity index (χ1n) is 6.44. The molecule has 0 amide bonds. The summed E-state index contributed by atoms with van der Waals surface area (Å²) >= 11 is 0. The maximum absolute atomic E-state index is 11.6. The molecule has 1 N–H and O–H groups in total. The van der Waals surface area contributed by atoms with E-state index in [1.165, 1.54) is 4.31 Å². The molecule has 0 unspecified atom stereocenters. The molecule has 0 fully saturated rings. The first kappa shape index (κ1) is 14.9. The maximum Gasteiger partial charge on any atom is 0.214 e. The molecule has 20 heavy (non-hydrogen) atoms. The van der Waals surface area contributed by atoms with Crippen LogP contribution in [0.3, 0.4) is 0 Å². The van der Waals surface area contributed by atoms with Crippen molar-refractivity contribution < 1.29 is 8.42 Å². The van der Waals surface area contributed by atoms with Crippen molar-refractivity contribution in [3.63, 3.8) is 0 Å². The summed E-state index contributed by atoms with van der Waals surface area (Å²) in [7, 11) is -0.0531. The van der Waals surface area contributed by atoms with E-state index in [1.807, 2.05) is 36.4 Å². The van der Waals surface area contributed by atoms with Crippen molar-refractivity contribution in [3.05, 3.63) is 42.1 Å². The van der Waals surface area contributed by atoms with E-state index in [9.17, 15) is 8.42 Å². The van der Waals surface area contributed by atoms with Gasteiger partial charge in [-0.25, -0.2) is 12.7 Å². The van der Waals surface area contributed by atoms with Gasteiger partial charge in [-0.2, -0.15) is 0 Å². The lowest BCUT2D eigenvalue weighted by atomic mass is 10.2. The van der Waals surface area contributed by atoms with E-state index < -0.39 is 10.0 Å². The van der Waals surface area contributed by atoms with Crippen LogP contribution < -0.4 is 5.32 Å². The summed E-state index contributed by atoms with van der Waals surface area (Å²) in [4.78, 5) is 4.52. The van der Waals surface area contributed by atoms with Crippen LogP contribution in [0.15, 0.2) is 36.4 Å². The second-order valence-corrected chi connectivity index (χ2v) is 7.07. The van der Waals surface area contributed by atoms with Crippen molar-refractivity contribution in [3.8, 4) is 0 Å². The average molecular weight is 293 g/mol. The first-order valence-corrected chi connectivity index (χ1v) is 8.05. The van der Waals surface area contributed by atoms with Crippen LogP contribution in [0.5, 0.6) is 0 Å². The van der Waals surface area contributed by atoms with Gasteiger partial charge in [-0.15, -0.1) is 0 Å². The number of pyridine rings is 1. The van der Waals surface area contributed by atoms with Gasteiger partial charge in [0.2, 0.25) is 10.0 Å². The molecular weight excluding hydrogens is 274 g/mol. The molecule has 2 aromatic rings. The second kappa shape index (κ2) is 6.30. The van der Waals surface area contributed by atoms with Crippen LogP contribution in [0.1, 0.15) is 5.69 Å². The SMILES string of the molecule is CN(C)S(=O)(=O)CCNCc1ccc2ccccc2n1. The zero-order valence-electron chi connectivity index (χ0n) is 11.7. The first-order chi connectivity index (χ1) is 9.49. The minimum atomic E-state index is -3.14. The Kier molecular flexibility index (Phi) is 4.69. The number of rotatable bonds is 6. The summed E-state index contributed by atoms with van der Waals surface area (Å²) in [6.45, 7) is 0.975. The van der Waals surface area contributed by atoms with Crippen molar-refractivity contribution >= 4 is 20.9 Å². The van der Waals surface area contributed by atoms with Gasteiger partial charge in [-0.3, -0.25) is 4.98 Å². The third kappa shape index (κ3) is 3.75. The molecule has 5 nitrogen and oxygen atoms in total. The number of hydrogen-bond donors (Lipinski definition) is 1. The highest BCUT2D eigenvalue weighted by Crippen LogP contribution is 2.11. The van der Waals surface area contributed by atoms with E-state index in [1.54, 1.807) is 14.1 Å². The smallest absolute Gasteiger partial charge is 0.214 e. The van der Waals surface area contributed by atoms with Gasteiger partial charge in [0.15, 0.2) is 0 Å². The Hall–Kier alpha value is -1.50. The number of nitrogens with one attached hydrogen (secondary N) is 1. The largest absolute Gasteiger partial charge is 0.310 e. The van der Waals surface area contributed by atoms with Crippen LogP contribution >= 0.6 is 0 Å². The number of fused-ring (bicyclic) bond motifs is 1. The molecule has 1 aromatic carbocycles. The van der Waals surface area contributed by atoms with Crippen LogP contribution in [0.25, 0.3) is 10.9 Å². The Labute approximate surface area is 119 Å². The highest BCUT2D eigenvalue weighted by atomic mass is 32.2. The number of nitrogens with zero attached hydrogens (tertiary/aromatic N) is 2. The van der Waals surface area contributed by atoms with E-state index >= 15 is 0 Å². The summed E-state index contributed by atoms with van der Waals surface area (Å²) in [6.07, 6.45) is 0. The average Bonchev–Trinajstić information content (AvgIpc) is 2.43. The Bertz CT molecular complexity index is 684. The topological polar surface area (TPSA) is 62.3 Å². The van der Waals surface area contributed by atoms with Gasteiger partial charge in [0.1, 0.15) is 0 Å². The molecule has 1 aromatic heterocycles. The Morgan fingerprint density at radius 3 is 2.65 bits per heavy atom. The predicted molar refractivity (Wildman–Crippen MR) is 80.9 cm³/mol. The lowest BCUT2D eigenvalue weighted by Crippen LogP contribution is -2.31. The number of aromatic nitrogens is 1. The van der Waals surface area contributed by atoms with E-state index in [4.69, 9.17) is 0 Å². The van der Waals surface area contributed by atoms with Crippen LogP contribution in [0.2, 0.25) is 0 Å². The fourth-order valence-corrected chi connectivity index (χ4v) is 2.57. The Morgan fingerprint density at radius 1 is 1.15 bits per heavy atom. The number of hydrogen-bond acceptors (Lipinski definition) is 4. The molecule has 0 bridgehead atoms. The molecule has 6 heteroatoms. The third-order valence-electron chi connectivity index (χ3n) is 3.06. The van der Waals surface area contributed by atoms with Crippen molar-refractivity contribution in [2.45, 2.75) is 6.54 Å². The quantitative estimate of drug-likeness (QED) is 0.813. The van der Waals surface area contributed by atoms with Gasteiger partial charge in [0, 0.05) is 32.6 Å². The molecule has 0 atom stereocenters. The lowest BCUT2D eigenvalue weighted by molar-refractivity contribution is 0.517. The summed E-state index contributed by atoms with van der Waals surface area (Å²) in [6, 6.07) is 11.9. The fourth-order valence-electron chi connectivity index (χ4n) is 1.81. The maximum atomic E-state index is 11.6. The van der Waals surface area contributed by atoms with Gasteiger partial charge >= 0.3 is 0 Å². The highest BCUT2D eigenvalue weighted by Gasteiger charge is 2.12. The van der Waals surface area contributed by atoms with Gasteiger partial charge < -0.3 is 5.32 Å². The van der Waals surface area contributed by atoms with Gasteiger partial charge in [0.25, 0.3) is 0 Å². The molecule has 108 valence electrons. The van der Waals surface area contributed by atoms with E-state index in [-0.39, 0.29) is 5.75 Å². The number of benzene rings is 1. The summed E-state index contributed by atoms with van der Waals surface area (Å²) < 4.78 is 24.4. The highest BCUT2D eigenvalue weighted by molar-refractivity contribution is 7.89. The molecule has 0 spiro atoms. The van der Waals surface area contributed by atoms with Gasteiger partial charge in [-0.05, 0) is 12.1 Å². The van der Waals surface area contributed by atoms with Crippen LogP contribution in [-0.4, -0.2) is 44.1 Å². The summed E-state index contributed by atoms with van der Waals surface area (Å²) in [5, 5.41) is 4.21. The monoisotopic (exact) mass is 293 g/mol. The Balaban J connectivity index is 1.90. The summed E-state index contributed by atoms with van der Waals surface area (Å²) in [5.41, 5.74) is 1.86. The van der Waals surface area contributed by atoms with Crippen molar-refractivity contribution in [1.29, 1.82) is 0 Å². The van der Waals surface area contributed by atoms with Crippen LogP contribution in [-0.2, 0) is 16.6 Å². The minimum Gasteiger partial charge on any atom is -0.310 e. The molecule has 0 saturated heterocycles. The van der Waals surface area contributed by atoms with E-state index in [0.29, 0.717) is 13.1 Å². The van der Waals surface area contributed by atoms with Crippen molar-refractivity contribution in [1.82, 2.24) is 14.6 Å². The van der Waals surface area contributed by atoms with E-state index in [0.717, 1.165) is 16.6 Å². The van der Waals surface area contributed by atoms with Crippen LogP contribution in [0.4, 0.5) is 0 Å². The molecular formula is C14H19N3O2S. The van der Waals surface area contributed by atoms with Crippen molar-refractivity contribution in [2.24, 2.45) is 0 Å². The zero-order chi connectivity index (χ0) is 14.6. The summed E-state index contributed by atoms with van der Waals surface area (Å²) in [5.74, 6) is 0.0909. The minimum absolute atomic E-state index is 0.0909. The number of sulfonamides is 1. The predicted octanol–water partition coefficient (Wildman–Crippen LogP) is 1.22. The lowest BCUT2D eigenvalue weighted by Gasteiger charge is -2.11. The molecule has 0 aliphatic rings. The van der Waals surface area contributed by atoms with Crippen molar-refractivity contribution in [2.75, 3.05) is 26.4 Å². The molecule has 0 saturated carbocycles. The van der Waals surface area contributed by atoms with Gasteiger partial charge in [-0.1, -0.05) is 24.3 Å². The second-order valence-electron chi connectivity index (χ2n) is 4.77. The Morgan fingerprint density at radius 2 is 1.90 bits per heavy atom. The normalized spacial score (nSPS) is 12.2. The fraction of sp³-hybridized carbons (Fsp3) is 0.357. The van der Waals surface area contributed by atoms with E-state index in [2.05, 4.69) is 10.3 Å². The molecule has 0 aliphatic heterocycles. The molecule has 2 rings (SSSR count). The molecule has 1 heterocycles. The standard InChI is InChI=1S/C14H19N3O2S/c1-17(2)20(18,19)10-9-15-11-13-8-7-12-5-3-4-6-14(12)16-13/h3-8,15H,9-11H2,1-2H3. The zero-order valence-corrected chi connectivity index (χ0v) is 12.5. The molecule has 0 aliphatic carbocycles. The number of para-hydroxylation sites is 1. The molecule has 0 radical (unpaired) electrons. The van der Waals surface area contributed by atoms with Crippen LogP contribution in [0, 0.1) is 0 Å². The van der Waals surface area contributed by atoms with Gasteiger partial charge in [0.05, 0.1) is 17.0 Å². The third-order valence-corrected chi connectivity index (χ3v) is 4.89.